The first kappa shape index (κ1) is 18.8. The summed E-state index contributed by atoms with van der Waals surface area (Å²) in [6.07, 6.45) is 9.12. The fourth-order valence-corrected chi connectivity index (χ4v) is 5.10. The zero-order valence-electron chi connectivity index (χ0n) is 15.8. The molecule has 150 valence electrons. The van der Waals surface area contributed by atoms with E-state index in [2.05, 4.69) is 25.9 Å². The van der Waals surface area contributed by atoms with Crippen LogP contribution in [0.25, 0.3) is 0 Å². The number of carbonyl (C=O) groups excluding carboxylic acids is 1. The molecule has 0 bridgehead atoms. The molecule has 2 N–H and O–H groups in total. The number of alkyl halides is 1. The van der Waals surface area contributed by atoms with Gasteiger partial charge in [0.2, 0.25) is 0 Å². The van der Waals surface area contributed by atoms with Gasteiger partial charge in [-0.2, -0.15) is 5.21 Å². The van der Waals surface area contributed by atoms with Gasteiger partial charge in [-0.05, 0) is 76.2 Å². The summed E-state index contributed by atoms with van der Waals surface area (Å²) in [6, 6.07) is -0.285. The zero-order chi connectivity index (χ0) is 18.7. The highest BCUT2D eigenvalue weighted by Crippen LogP contribution is 2.44. The lowest BCUT2D eigenvalue weighted by Crippen LogP contribution is -2.52. The lowest BCUT2D eigenvalue weighted by Gasteiger charge is -2.44. The minimum atomic E-state index is -1.20. The summed E-state index contributed by atoms with van der Waals surface area (Å²) in [4.78, 5) is 12.6. The number of esters is 1. The van der Waals surface area contributed by atoms with E-state index in [1.54, 1.807) is 0 Å². The standard InChI is InChI=1S/C19H30FN5O2/c20-19(9-7-17-22-24-25-23-17)8-6-13-12-21-16(10-14(13)11-19)18(26)27-15-4-2-1-3-5-15/h13-16,21H,1-12H2,(H,22,23,24,25)/t13-,14-,16-,19-/m0/s1. The summed E-state index contributed by atoms with van der Waals surface area (Å²) in [5.41, 5.74) is -1.20. The number of aryl methyl sites for hydroxylation is 1. The molecule has 1 saturated heterocycles. The number of nitrogens with one attached hydrogen (secondary N) is 2. The normalized spacial score (nSPS) is 34.8. The van der Waals surface area contributed by atoms with Crippen LogP contribution < -0.4 is 5.32 Å². The number of halogens is 1. The molecule has 2 aliphatic carbocycles. The maximum Gasteiger partial charge on any atom is 0.323 e. The molecule has 3 fully saturated rings. The van der Waals surface area contributed by atoms with Crippen LogP contribution >= 0.6 is 0 Å². The molecule has 1 aromatic heterocycles. The van der Waals surface area contributed by atoms with Crippen LogP contribution in [-0.4, -0.2) is 51.0 Å². The van der Waals surface area contributed by atoms with E-state index in [4.69, 9.17) is 4.74 Å². The van der Waals surface area contributed by atoms with Crippen LogP contribution in [0.4, 0.5) is 4.39 Å². The average molecular weight is 379 g/mol. The predicted octanol–water partition coefficient (Wildman–Crippen LogP) is 2.49. The Morgan fingerprint density at radius 3 is 2.85 bits per heavy atom. The van der Waals surface area contributed by atoms with Crippen LogP contribution in [0.2, 0.25) is 0 Å². The fourth-order valence-electron chi connectivity index (χ4n) is 5.10. The van der Waals surface area contributed by atoms with Gasteiger partial charge in [-0.25, -0.2) is 4.39 Å². The van der Waals surface area contributed by atoms with Crippen LogP contribution in [0.3, 0.4) is 0 Å². The van der Waals surface area contributed by atoms with Crippen molar-refractivity contribution in [3.8, 4) is 0 Å². The van der Waals surface area contributed by atoms with E-state index < -0.39 is 5.67 Å². The Morgan fingerprint density at radius 2 is 2.07 bits per heavy atom. The highest BCUT2D eigenvalue weighted by molar-refractivity contribution is 5.76. The van der Waals surface area contributed by atoms with Gasteiger partial charge in [0.1, 0.15) is 17.8 Å². The molecule has 1 aliphatic heterocycles. The number of fused-ring (bicyclic) bond motifs is 1. The first-order valence-corrected chi connectivity index (χ1v) is 10.5. The molecule has 7 nitrogen and oxygen atoms in total. The zero-order valence-corrected chi connectivity index (χ0v) is 15.8. The van der Waals surface area contributed by atoms with Crippen LogP contribution in [-0.2, 0) is 16.0 Å². The molecule has 0 aromatic carbocycles. The van der Waals surface area contributed by atoms with Gasteiger partial charge in [-0.1, -0.05) is 11.6 Å². The highest BCUT2D eigenvalue weighted by Gasteiger charge is 2.45. The number of carbonyl (C=O) groups is 1. The van der Waals surface area contributed by atoms with E-state index >= 15 is 4.39 Å². The van der Waals surface area contributed by atoms with Crippen molar-refractivity contribution in [3.63, 3.8) is 0 Å². The first-order chi connectivity index (χ1) is 13.1. The molecule has 2 heterocycles. The quantitative estimate of drug-likeness (QED) is 0.764. The third kappa shape index (κ3) is 4.65. The largest absolute Gasteiger partial charge is 0.461 e. The molecule has 0 unspecified atom stereocenters. The second kappa shape index (κ2) is 8.20. The summed E-state index contributed by atoms with van der Waals surface area (Å²) in [5.74, 6) is 1.12. The summed E-state index contributed by atoms with van der Waals surface area (Å²) in [5, 5.41) is 17.1. The monoisotopic (exact) mass is 379 g/mol. The number of aromatic nitrogens is 4. The number of tetrazole rings is 1. The molecule has 4 atom stereocenters. The van der Waals surface area contributed by atoms with Crippen molar-refractivity contribution in [2.75, 3.05) is 6.54 Å². The number of nitrogens with zero attached hydrogens (tertiary/aromatic N) is 3. The van der Waals surface area contributed by atoms with E-state index in [0.29, 0.717) is 43.8 Å². The number of piperidine rings is 1. The van der Waals surface area contributed by atoms with Crippen LogP contribution in [0.15, 0.2) is 0 Å². The van der Waals surface area contributed by atoms with Gasteiger partial charge in [0.05, 0.1) is 0 Å². The van der Waals surface area contributed by atoms with Gasteiger partial charge in [0.25, 0.3) is 0 Å². The third-order valence-corrected chi connectivity index (χ3v) is 6.73. The minimum Gasteiger partial charge on any atom is -0.461 e. The molecular weight excluding hydrogens is 349 g/mol. The fraction of sp³-hybridized carbons (Fsp3) is 0.895. The number of hydrogen-bond acceptors (Lipinski definition) is 6. The average Bonchev–Trinajstić information content (AvgIpc) is 3.20. The number of hydrogen-bond donors (Lipinski definition) is 2. The molecular formula is C19H30FN5O2. The van der Waals surface area contributed by atoms with Crippen molar-refractivity contribution in [1.82, 2.24) is 25.9 Å². The van der Waals surface area contributed by atoms with Crippen molar-refractivity contribution < 1.29 is 13.9 Å². The Morgan fingerprint density at radius 1 is 1.22 bits per heavy atom. The molecule has 4 rings (SSSR count). The maximum atomic E-state index is 15.4. The molecule has 1 aromatic rings. The second-order valence-electron chi connectivity index (χ2n) is 8.64. The van der Waals surface area contributed by atoms with Gasteiger partial charge in [-0.3, -0.25) is 4.79 Å². The maximum absolute atomic E-state index is 15.4. The molecule has 0 radical (unpaired) electrons. The van der Waals surface area contributed by atoms with E-state index in [1.807, 2.05) is 0 Å². The van der Waals surface area contributed by atoms with Crippen LogP contribution in [0.1, 0.15) is 70.0 Å². The molecule has 27 heavy (non-hydrogen) atoms. The topological polar surface area (TPSA) is 92.8 Å². The van der Waals surface area contributed by atoms with Crippen molar-refractivity contribution in [3.05, 3.63) is 5.82 Å². The Kier molecular flexibility index (Phi) is 5.71. The lowest BCUT2D eigenvalue weighted by atomic mass is 9.67. The molecule has 0 spiro atoms. The Bertz CT molecular complexity index is 622. The van der Waals surface area contributed by atoms with Gasteiger partial charge < -0.3 is 10.1 Å². The van der Waals surface area contributed by atoms with Crippen LogP contribution in [0.5, 0.6) is 0 Å². The Hall–Kier alpha value is -1.57. The minimum absolute atomic E-state index is 0.0763. The number of H-pyrrole nitrogens is 1. The van der Waals surface area contributed by atoms with E-state index in [0.717, 1.165) is 38.6 Å². The summed E-state index contributed by atoms with van der Waals surface area (Å²) >= 11 is 0. The number of ether oxygens (including phenoxy) is 1. The van der Waals surface area contributed by atoms with Crippen molar-refractivity contribution >= 4 is 5.97 Å². The Balaban J connectivity index is 1.30. The highest BCUT2D eigenvalue weighted by atomic mass is 19.1. The van der Waals surface area contributed by atoms with E-state index in [9.17, 15) is 4.79 Å². The van der Waals surface area contributed by atoms with Crippen molar-refractivity contribution in [2.45, 2.75) is 88.4 Å². The van der Waals surface area contributed by atoms with E-state index in [1.165, 1.54) is 6.42 Å². The molecule has 3 aliphatic rings. The molecule has 0 amide bonds. The molecule has 2 saturated carbocycles. The summed E-state index contributed by atoms with van der Waals surface area (Å²) in [6.45, 7) is 0.788. The summed E-state index contributed by atoms with van der Waals surface area (Å²) < 4.78 is 21.2. The van der Waals surface area contributed by atoms with Crippen molar-refractivity contribution in [2.24, 2.45) is 11.8 Å². The van der Waals surface area contributed by atoms with E-state index in [-0.39, 0.29) is 24.0 Å². The molecule has 8 heteroatoms. The summed E-state index contributed by atoms with van der Waals surface area (Å²) in [7, 11) is 0. The van der Waals surface area contributed by atoms with Gasteiger partial charge in [0, 0.05) is 6.42 Å². The predicted molar refractivity (Wildman–Crippen MR) is 96.5 cm³/mol. The van der Waals surface area contributed by atoms with Crippen LogP contribution in [0, 0.1) is 11.8 Å². The second-order valence-corrected chi connectivity index (χ2v) is 8.64. The number of aromatic amines is 1. The first-order valence-electron chi connectivity index (χ1n) is 10.5. The van der Waals surface area contributed by atoms with Gasteiger partial charge in [-0.15, -0.1) is 10.2 Å². The lowest BCUT2D eigenvalue weighted by molar-refractivity contribution is -0.155. The SMILES string of the molecule is O=C(OC1CCCCC1)[C@@H]1C[C@H]2C[C@@](F)(CCc3nn[nH]n3)CC[C@H]2CN1. The number of rotatable bonds is 5. The smallest absolute Gasteiger partial charge is 0.323 e. The third-order valence-electron chi connectivity index (χ3n) is 6.73. The van der Waals surface area contributed by atoms with Gasteiger partial charge in [0.15, 0.2) is 5.82 Å². The van der Waals surface area contributed by atoms with Crippen molar-refractivity contribution in [1.29, 1.82) is 0 Å². The van der Waals surface area contributed by atoms with Gasteiger partial charge >= 0.3 is 5.97 Å². The Labute approximate surface area is 159 Å².